The Morgan fingerprint density at radius 3 is 2.26 bits per heavy atom. The largest absolute Gasteiger partial charge is 0.384 e. The van der Waals surface area contributed by atoms with Crippen molar-refractivity contribution in [2.45, 2.75) is 24.7 Å². The van der Waals surface area contributed by atoms with Gasteiger partial charge in [-0.15, -0.1) is 23.2 Å². The van der Waals surface area contributed by atoms with Crippen LogP contribution in [0.5, 0.6) is 5.75 Å². The number of hydrogen-bond acceptors (Lipinski definition) is 9. The van der Waals surface area contributed by atoms with Crippen LogP contribution in [0.15, 0.2) is 60.0 Å². The van der Waals surface area contributed by atoms with E-state index in [-0.39, 0.29) is 22.7 Å². The maximum Gasteiger partial charge on any atom is 0.328 e. The molecule has 0 aliphatic carbocycles. The van der Waals surface area contributed by atoms with E-state index in [0.717, 1.165) is 17.0 Å². The molecular weight excluding hydrogens is 589 g/mol. The summed E-state index contributed by atoms with van der Waals surface area (Å²) in [6.45, 7) is 2.44. The van der Waals surface area contributed by atoms with Gasteiger partial charge in [0.1, 0.15) is 17.1 Å². The van der Waals surface area contributed by atoms with E-state index in [9.17, 15) is 28.4 Å². The number of thiophene rings is 1. The van der Waals surface area contributed by atoms with Crippen molar-refractivity contribution in [3.05, 3.63) is 81.2 Å². The molecule has 0 aliphatic rings. The number of rotatable bonds is 14. The number of amides is 1. The first kappa shape index (κ1) is 30.6. The Morgan fingerprint density at radius 2 is 1.72 bits per heavy atom. The van der Waals surface area contributed by atoms with E-state index in [1.807, 2.05) is 4.90 Å². The van der Waals surface area contributed by atoms with Gasteiger partial charge in [0.15, 0.2) is 0 Å². The second-order valence-electron chi connectivity index (χ2n) is 8.43. The molecule has 0 aliphatic heterocycles. The number of aliphatic hydroxyl groups is 1. The number of carbonyl (C=O) groups is 1. The molecule has 0 fully saturated rings. The monoisotopic (exact) mass is 615 g/mol. The lowest BCUT2D eigenvalue weighted by molar-refractivity contribution is -0.380. The zero-order chi connectivity index (χ0) is 28.6. The van der Waals surface area contributed by atoms with Gasteiger partial charge in [-0.3, -0.25) is 14.9 Å². The van der Waals surface area contributed by atoms with Crippen LogP contribution >= 0.6 is 34.5 Å². The average molecular weight is 617 g/mol. The first-order valence-electron chi connectivity index (χ1n) is 11.8. The third kappa shape index (κ3) is 8.29. The lowest BCUT2D eigenvalue weighted by atomic mass is 10.1. The third-order valence-corrected chi connectivity index (χ3v) is 8.44. The number of alkyl halides is 2. The molecule has 0 radical (unpaired) electrons. The number of halogens is 2. The molecule has 210 valence electrons. The molecule has 1 amide bonds. The highest BCUT2D eigenvalue weighted by Gasteiger charge is 2.36. The van der Waals surface area contributed by atoms with Crippen LogP contribution in [0.1, 0.15) is 23.3 Å². The number of benzene rings is 2. The molecule has 0 saturated heterocycles. The summed E-state index contributed by atoms with van der Waals surface area (Å²) in [4.78, 5) is 24.7. The number of aliphatic hydroxyl groups excluding tert-OH is 1. The maximum atomic E-state index is 13.5. The van der Waals surface area contributed by atoms with Crippen LogP contribution in [-0.2, 0) is 21.3 Å². The highest BCUT2D eigenvalue weighted by Crippen LogP contribution is 2.38. The van der Waals surface area contributed by atoms with Gasteiger partial charge in [0.2, 0.25) is 0 Å². The third-order valence-electron chi connectivity index (χ3n) is 5.68. The fraction of sp³-hybridized carbons (Fsp3) is 0.320. The molecular formula is C25H27Cl2N3O7S2. The second-order valence-corrected chi connectivity index (χ2v) is 11.8. The molecule has 14 heteroatoms. The molecule has 39 heavy (non-hydrogen) atoms. The fourth-order valence-electron chi connectivity index (χ4n) is 3.74. The first-order chi connectivity index (χ1) is 18.6. The summed E-state index contributed by atoms with van der Waals surface area (Å²) in [7, 11) is -4.40. The molecule has 0 bridgehead atoms. The van der Waals surface area contributed by atoms with Crippen molar-refractivity contribution in [3.8, 4) is 5.75 Å². The molecule has 2 aromatic carbocycles. The normalized spacial score (nSPS) is 12.9. The molecule has 1 aromatic heterocycles. The Labute approximate surface area is 240 Å². The van der Waals surface area contributed by atoms with E-state index in [4.69, 9.17) is 27.4 Å². The van der Waals surface area contributed by atoms with Crippen molar-refractivity contribution in [1.82, 2.24) is 0 Å². The zero-order valence-electron chi connectivity index (χ0n) is 20.8. The predicted molar refractivity (Wildman–Crippen MR) is 154 cm³/mol. The predicted octanol–water partition coefficient (Wildman–Crippen LogP) is 4.95. The van der Waals surface area contributed by atoms with Gasteiger partial charge in [-0.25, -0.2) is 0 Å². The first-order valence-corrected chi connectivity index (χ1v) is 15.2. The van der Waals surface area contributed by atoms with E-state index in [1.54, 1.807) is 36.4 Å². The van der Waals surface area contributed by atoms with Crippen LogP contribution in [0.25, 0.3) is 0 Å². The second kappa shape index (κ2) is 13.9. The number of nitrogens with zero attached hydrogens (tertiary/aromatic N) is 2. The van der Waals surface area contributed by atoms with Crippen molar-refractivity contribution in [3.63, 3.8) is 0 Å². The SMILES string of the molecule is C[C@H](O)C(=O)Nc1ccc(CC(c2ccsc2[N+](=O)[O-])S(=O)(=O)Oc2ccc(N(CCCl)CCCl)cc2)cc1. The molecule has 2 N–H and O–H groups in total. The molecule has 3 aromatic rings. The summed E-state index contributed by atoms with van der Waals surface area (Å²) < 4.78 is 32.5. The van der Waals surface area contributed by atoms with Gasteiger partial charge in [-0.1, -0.05) is 23.5 Å². The minimum absolute atomic E-state index is 0.0171. The van der Waals surface area contributed by atoms with Crippen molar-refractivity contribution in [2.24, 2.45) is 0 Å². The smallest absolute Gasteiger partial charge is 0.328 e. The Bertz CT molecular complexity index is 1360. The van der Waals surface area contributed by atoms with Crippen LogP contribution in [-0.4, -0.2) is 55.3 Å². The van der Waals surface area contributed by atoms with Gasteiger partial charge in [-0.2, -0.15) is 8.42 Å². The zero-order valence-corrected chi connectivity index (χ0v) is 24.0. The van der Waals surface area contributed by atoms with Crippen LogP contribution in [0, 0.1) is 10.1 Å². The van der Waals surface area contributed by atoms with Gasteiger partial charge in [0.05, 0.1) is 10.5 Å². The minimum Gasteiger partial charge on any atom is -0.384 e. The minimum atomic E-state index is -4.40. The number of anilines is 2. The van der Waals surface area contributed by atoms with Crippen LogP contribution in [0.4, 0.5) is 16.4 Å². The Balaban J connectivity index is 1.88. The summed E-state index contributed by atoms with van der Waals surface area (Å²) >= 11 is 12.6. The summed E-state index contributed by atoms with van der Waals surface area (Å²) in [5.74, 6) is 0.233. The highest BCUT2D eigenvalue weighted by atomic mass is 35.5. The van der Waals surface area contributed by atoms with Crippen molar-refractivity contribution in [2.75, 3.05) is 35.1 Å². The van der Waals surface area contributed by atoms with E-state index in [0.29, 0.717) is 36.1 Å². The number of nitro groups is 1. The summed E-state index contributed by atoms with van der Waals surface area (Å²) in [6.07, 6.45) is -1.32. The van der Waals surface area contributed by atoms with Crippen molar-refractivity contribution < 1.29 is 27.4 Å². The van der Waals surface area contributed by atoms with Gasteiger partial charge < -0.3 is 19.5 Å². The molecule has 1 heterocycles. The maximum absolute atomic E-state index is 13.5. The number of hydrogen-bond donors (Lipinski definition) is 2. The fourth-order valence-corrected chi connectivity index (χ4v) is 6.39. The van der Waals surface area contributed by atoms with E-state index >= 15 is 0 Å². The van der Waals surface area contributed by atoms with Gasteiger partial charge in [-0.05, 0) is 66.8 Å². The van der Waals surface area contributed by atoms with Crippen LogP contribution in [0.3, 0.4) is 0 Å². The van der Waals surface area contributed by atoms with Crippen LogP contribution in [0.2, 0.25) is 0 Å². The summed E-state index contributed by atoms with van der Waals surface area (Å²) in [5.41, 5.74) is 1.74. The highest BCUT2D eigenvalue weighted by molar-refractivity contribution is 7.87. The molecule has 1 unspecified atom stereocenters. The lowest BCUT2D eigenvalue weighted by Gasteiger charge is -2.23. The molecule has 10 nitrogen and oxygen atoms in total. The van der Waals surface area contributed by atoms with Crippen molar-refractivity contribution in [1.29, 1.82) is 0 Å². The summed E-state index contributed by atoms with van der Waals surface area (Å²) in [5, 5.41) is 23.3. The molecule has 2 atom stereocenters. The van der Waals surface area contributed by atoms with Gasteiger partial charge >= 0.3 is 15.1 Å². The Hall–Kier alpha value is -2.90. The summed E-state index contributed by atoms with van der Waals surface area (Å²) in [6, 6.07) is 14.1. The quantitative estimate of drug-likeness (QED) is 0.112. The Morgan fingerprint density at radius 1 is 1.10 bits per heavy atom. The standard InChI is InChI=1S/C25H27Cl2N3O7S2/c1-17(31)24(32)28-19-4-2-18(3-5-19)16-23(22-10-15-38-25(22)30(33)34)39(35,36)37-21-8-6-20(7-9-21)29(13-11-26)14-12-27/h2-10,15,17,23,31H,11-14,16H2,1H3,(H,28,32)/t17-,23?/m0/s1. The van der Waals surface area contributed by atoms with Crippen molar-refractivity contribution >= 4 is 66.9 Å². The average Bonchev–Trinajstić information content (AvgIpc) is 3.38. The van der Waals surface area contributed by atoms with Crippen LogP contribution < -0.4 is 14.4 Å². The molecule has 0 spiro atoms. The number of nitrogens with one attached hydrogen (secondary N) is 1. The van der Waals surface area contributed by atoms with E-state index in [2.05, 4.69) is 5.32 Å². The number of carbonyl (C=O) groups excluding carboxylic acids is 1. The van der Waals surface area contributed by atoms with E-state index < -0.39 is 32.3 Å². The van der Waals surface area contributed by atoms with Gasteiger partial charge in [0.25, 0.3) is 5.91 Å². The lowest BCUT2D eigenvalue weighted by Crippen LogP contribution is -2.27. The van der Waals surface area contributed by atoms with E-state index in [1.165, 1.54) is 30.5 Å². The van der Waals surface area contributed by atoms with Gasteiger partial charge in [0, 0.05) is 36.2 Å². The molecule has 3 rings (SSSR count). The topological polar surface area (TPSA) is 139 Å². The Kier molecular flexibility index (Phi) is 11.0. The molecule has 0 saturated carbocycles.